The topological polar surface area (TPSA) is 120 Å². The number of fused-ring (bicyclic) bond motifs is 1. The Bertz CT molecular complexity index is 1140. The molecule has 0 radical (unpaired) electrons. The summed E-state index contributed by atoms with van der Waals surface area (Å²) in [4.78, 5) is 20.5. The maximum atomic E-state index is 12.1. The number of hydrogen-bond donors (Lipinski definition) is 2. The van der Waals surface area contributed by atoms with E-state index in [2.05, 4.69) is 25.3 Å². The van der Waals surface area contributed by atoms with E-state index in [4.69, 9.17) is 5.73 Å². The molecule has 0 bridgehead atoms. The number of nitrogens with zero attached hydrogens (tertiary/aromatic N) is 6. The lowest BCUT2D eigenvalue weighted by molar-refractivity contribution is 0.864. The van der Waals surface area contributed by atoms with Crippen molar-refractivity contribution in [1.29, 1.82) is 0 Å². The first-order chi connectivity index (χ1) is 12.5. The molecule has 1 aromatic carbocycles. The third kappa shape index (κ3) is 2.94. The maximum absolute atomic E-state index is 12.1. The fraction of sp³-hybridized carbons (Fsp3) is 0.188. The van der Waals surface area contributed by atoms with E-state index in [1.54, 1.807) is 0 Å². The largest absolute Gasteiger partial charge is 0.368 e. The summed E-state index contributed by atoms with van der Waals surface area (Å²) in [5.74, 6) is 1.65. The molecule has 0 aliphatic heterocycles. The molecule has 0 saturated carbocycles. The van der Waals surface area contributed by atoms with Gasteiger partial charge in [-0.3, -0.25) is 14.5 Å². The van der Waals surface area contributed by atoms with Crippen molar-refractivity contribution in [3.05, 3.63) is 57.8 Å². The number of aromatic nitrogens is 7. The van der Waals surface area contributed by atoms with Crippen LogP contribution in [0.5, 0.6) is 0 Å². The minimum absolute atomic E-state index is 0.147. The van der Waals surface area contributed by atoms with Gasteiger partial charge in [0.25, 0.3) is 11.3 Å². The quantitative estimate of drug-likeness (QED) is 0.524. The van der Waals surface area contributed by atoms with Crippen molar-refractivity contribution in [2.75, 3.05) is 5.73 Å². The van der Waals surface area contributed by atoms with Crippen LogP contribution >= 0.6 is 11.8 Å². The fourth-order valence-electron chi connectivity index (χ4n) is 2.58. The number of nitrogen functional groups attached to an aromatic ring is 1. The van der Waals surface area contributed by atoms with Crippen molar-refractivity contribution < 1.29 is 0 Å². The molecule has 4 aromatic rings. The van der Waals surface area contributed by atoms with Crippen LogP contribution in [-0.2, 0) is 5.75 Å². The number of anilines is 1. The van der Waals surface area contributed by atoms with Gasteiger partial charge < -0.3 is 5.73 Å². The summed E-state index contributed by atoms with van der Waals surface area (Å²) in [6.45, 7) is 3.95. The van der Waals surface area contributed by atoms with E-state index in [0.29, 0.717) is 11.4 Å². The molecule has 0 amide bonds. The van der Waals surface area contributed by atoms with Crippen molar-refractivity contribution in [2.24, 2.45) is 0 Å². The van der Waals surface area contributed by atoms with E-state index in [9.17, 15) is 4.79 Å². The Labute approximate surface area is 152 Å². The minimum atomic E-state index is -0.258. The van der Waals surface area contributed by atoms with Gasteiger partial charge in [0.1, 0.15) is 5.82 Å². The first-order valence-electron chi connectivity index (χ1n) is 7.87. The molecule has 3 aromatic heterocycles. The third-order valence-electron chi connectivity index (χ3n) is 3.84. The number of nitrogens with two attached hydrogens (primary N) is 1. The van der Waals surface area contributed by atoms with Gasteiger partial charge in [0.2, 0.25) is 5.95 Å². The van der Waals surface area contributed by atoms with Crippen molar-refractivity contribution in [1.82, 2.24) is 34.3 Å². The summed E-state index contributed by atoms with van der Waals surface area (Å²) in [6.07, 6.45) is 0. The second-order valence-electron chi connectivity index (χ2n) is 5.82. The molecule has 3 N–H and O–H groups in total. The van der Waals surface area contributed by atoms with Gasteiger partial charge in [0.15, 0.2) is 5.16 Å². The predicted octanol–water partition coefficient (Wildman–Crippen LogP) is 1.49. The zero-order valence-corrected chi connectivity index (χ0v) is 15.0. The van der Waals surface area contributed by atoms with Crippen LogP contribution in [0, 0.1) is 13.8 Å². The number of aromatic amines is 1. The molecule has 3 heterocycles. The van der Waals surface area contributed by atoms with E-state index in [1.807, 2.05) is 42.7 Å². The molecule has 0 atom stereocenters. The van der Waals surface area contributed by atoms with Crippen LogP contribution in [-0.4, -0.2) is 34.3 Å². The molecule has 10 heteroatoms. The Morgan fingerprint density at radius 3 is 2.69 bits per heavy atom. The molecular weight excluding hydrogens is 352 g/mol. The average molecular weight is 368 g/mol. The lowest BCUT2D eigenvalue weighted by Gasteiger charge is -2.08. The second kappa shape index (κ2) is 6.30. The SMILES string of the molecule is Cc1ccc(-n2c(C)nnc2SCc2cc(=O)n3[nH]c(N)nc3n2)cc1. The van der Waals surface area contributed by atoms with Crippen molar-refractivity contribution in [2.45, 2.75) is 24.8 Å². The molecule has 0 aliphatic carbocycles. The van der Waals surface area contributed by atoms with Crippen LogP contribution in [0.15, 0.2) is 40.3 Å². The molecule has 0 unspecified atom stereocenters. The first-order valence-corrected chi connectivity index (χ1v) is 8.86. The van der Waals surface area contributed by atoms with Gasteiger partial charge in [0.05, 0.1) is 5.69 Å². The highest BCUT2D eigenvalue weighted by Gasteiger charge is 2.13. The number of benzene rings is 1. The number of rotatable bonds is 4. The minimum Gasteiger partial charge on any atom is -0.368 e. The van der Waals surface area contributed by atoms with E-state index in [0.717, 1.165) is 16.7 Å². The smallest absolute Gasteiger partial charge is 0.274 e. The molecule has 0 aliphatic rings. The monoisotopic (exact) mass is 368 g/mol. The summed E-state index contributed by atoms with van der Waals surface area (Å²) in [7, 11) is 0. The van der Waals surface area contributed by atoms with E-state index < -0.39 is 0 Å². The summed E-state index contributed by atoms with van der Waals surface area (Å²) in [5, 5.41) is 11.8. The highest BCUT2D eigenvalue weighted by Crippen LogP contribution is 2.24. The lowest BCUT2D eigenvalue weighted by atomic mass is 10.2. The second-order valence-corrected chi connectivity index (χ2v) is 6.76. The summed E-state index contributed by atoms with van der Waals surface area (Å²) in [5.41, 5.74) is 8.10. The Morgan fingerprint density at radius 1 is 1.15 bits per heavy atom. The van der Waals surface area contributed by atoms with Gasteiger partial charge in [-0.05, 0) is 26.0 Å². The average Bonchev–Trinajstić information content (AvgIpc) is 3.16. The molecular formula is C16H16N8OS. The van der Waals surface area contributed by atoms with Crippen LogP contribution in [0.4, 0.5) is 5.95 Å². The lowest BCUT2D eigenvalue weighted by Crippen LogP contribution is -2.15. The van der Waals surface area contributed by atoms with Gasteiger partial charge in [-0.2, -0.15) is 9.50 Å². The van der Waals surface area contributed by atoms with Gasteiger partial charge >= 0.3 is 0 Å². The summed E-state index contributed by atoms with van der Waals surface area (Å²) in [6, 6.07) is 9.60. The highest BCUT2D eigenvalue weighted by atomic mass is 32.2. The van der Waals surface area contributed by atoms with E-state index >= 15 is 0 Å². The third-order valence-corrected chi connectivity index (χ3v) is 4.80. The Balaban J connectivity index is 1.63. The zero-order valence-electron chi connectivity index (χ0n) is 14.2. The van der Waals surface area contributed by atoms with Crippen LogP contribution in [0.1, 0.15) is 17.1 Å². The first kappa shape index (κ1) is 16.3. The van der Waals surface area contributed by atoms with Crippen molar-refractivity contribution in [3.63, 3.8) is 0 Å². The van der Waals surface area contributed by atoms with Gasteiger partial charge in [-0.1, -0.05) is 29.5 Å². The van der Waals surface area contributed by atoms with Crippen molar-refractivity contribution >= 4 is 23.5 Å². The Kier molecular flexibility index (Phi) is 3.96. The number of H-pyrrole nitrogens is 1. The van der Waals surface area contributed by atoms with Gasteiger partial charge in [-0.15, -0.1) is 10.2 Å². The number of aryl methyl sites for hydroxylation is 2. The molecule has 26 heavy (non-hydrogen) atoms. The van der Waals surface area contributed by atoms with Gasteiger partial charge in [-0.25, -0.2) is 4.98 Å². The van der Waals surface area contributed by atoms with Crippen LogP contribution in [0.3, 0.4) is 0 Å². The van der Waals surface area contributed by atoms with Crippen molar-refractivity contribution in [3.8, 4) is 5.69 Å². The predicted molar refractivity (Wildman–Crippen MR) is 98.4 cm³/mol. The Hall–Kier alpha value is -3.14. The van der Waals surface area contributed by atoms with E-state index in [1.165, 1.54) is 27.9 Å². The van der Waals surface area contributed by atoms with Gasteiger partial charge in [0, 0.05) is 17.5 Å². The van der Waals surface area contributed by atoms with Crippen LogP contribution in [0.25, 0.3) is 11.5 Å². The molecule has 9 nitrogen and oxygen atoms in total. The maximum Gasteiger partial charge on any atom is 0.274 e. The molecule has 0 saturated heterocycles. The molecule has 0 spiro atoms. The Morgan fingerprint density at radius 2 is 1.92 bits per heavy atom. The number of hydrogen-bond acceptors (Lipinski definition) is 7. The normalized spacial score (nSPS) is 11.3. The standard InChI is InChI=1S/C16H16N8OS/c1-9-3-5-12(6-4-9)23-10(2)20-21-16(23)26-8-11-7-13(25)24-15(18-11)19-14(17)22-24/h3-7H,8H2,1-2H3,(H3,17,18,19,22). The van der Waals surface area contributed by atoms with Crippen LogP contribution in [0.2, 0.25) is 0 Å². The molecule has 0 fully saturated rings. The summed E-state index contributed by atoms with van der Waals surface area (Å²) >= 11 is 1.45. The highest BCUT2D eigenvalue weighted by molar-refractivity contribution is 7.98. The number of nitrogens with one attached hydrogen (secondary N) is 1. The molecule has 132 valence electrons. The molecule has 4 rings (SSSR count). The van der Waals surface area contributed by atoms with Crippen LogP contribution < -0.4 is 11.3 Å². The zero-order chi connectivity index (χ0) is 18.3. The fourth-order valence-corrected chi connectivity index (χ4v) is 3.47. The van der Waals surface area contributed by atoms with E-state index in [-0.39, 0.29) is 17.3 Å². The summed E-state index contributed by atoms with van der Waals surface area (Å²) < 4.78 is 3.18. The number of thioether (sulfide) groups is 1.